The van der Waals surface area contributed by atoms with Crippen LogP contribution in [0, 0.1) is 11.8 Å². The first-order valence-electron chi connectivity index (χ1n) is 5.30. The first-order chi connectivity index (χ1) is 7.02. The second-order valence-corrected chi connectivity index (χ2v) is 4.18. The van der Waals surface area contributed by atoms with Gasteiger partial charge in [0.25, 0.3) is 0 Å². The summed E-state index contributed by atoms with van der Waals surface area (Å²) in [5.74, 6) is -0.769. The molecule has 2 unspecified atom stereocenters. The van der Waals surface area contributed by atoms with Gasteiger partial charge in [0, 0.05) is 5.92 Å². The summed E-state index contributed by atoms with van der Waals surface area (Å²) >= 11 is 5.48. The highest BCUT2D eigenvalue weighted by molar-refractivity contribution is 6.63. The molecule has 4 heteroatoms. The summed E-state index contributed by atoms with van der Waals surface area (Å²) in [6, 6.07) is 0. The van der Waals surface area contributed by atoms with Crippen molar-refractivity contribution in [2.24, 2.45) is 11.8 Å². The zero-order chi connectivity index (χ0) is 11.8. The van der Waals surface area contributed by atoms with Gasteiger partial charge >= 0.3 is 5.97 Å². The van der Waals surface area contributed by atoms with Crippen LogP contribution in [0.2, 0.25) is 0 Å². The Balaban J connectivity index is 4.15. The second-order valence-electron chi connectivity index (χ2n) is 3.80. The molecule has 0 bridgehead atoms. The lowest BCUT2D eigenvalue weighted by Gasteiger charge is -2.15. The highest BCUT2D eigenvalue weighted by Crippen LogP contribution is 2.21. The number of methoxy groups -OCH3 is 1. The third kappa shape index (κ3) is 5.78. The Labute approximate surface area is 96.1 Å². The maximum absolute atomic E-state index is 11.2. The van der Waals surface area contributed by atoms with E-state index in [4.69, 9.17) is 11.6 Å². The molecule has 0 aromatic carbocycles. The molecule has 2 atom stereocenters. The van der Waals surface area contributed by atoms with Gasteiger partial charge in [0.05, 0.1) is 13.0 Å². The minimum absolute atomic E-state index is 0.222. The largest absolute Gasteiger partial charge is 0.469 e. The minimum Gasteiger partial charge on any atom is -0.469 e. The zero-order valence-corrected chi connectivity index (χ0v) is 10.3. The van der Waals surface area contributed by atoms with Gasteiger partial charge in [-0.25, -0.2) is 0 Å². The first-order valence-corrected chi connectivity index (χ1v) is 5.67. The van der Waals surface area contributed by atoms with Crippen LogP contribution in [-0.4, -0.2) is 18.3 Å². The van der Waals surface area contributed by atoms with Crippen molar-refractivity contribution >= 4 is 22.8 Å². The van der Waals surface area contributed by atoms with Gasteiger partial charge in [-0.15, -0.1) is 0 Å². The molecule has 0 amide bonds. The molecular weight excluding hydrogens is 216 g/mol. The summed E-state index contributed by atoms with van der Waals surface area (Å²) in [6.07, 6.45) is 3.21. The highest BCUT2D eigenvalue weighted by Gasteiger charge is 2.23. The molecule has 0 aliphatic heterocycles. The quantitative estimate of drug-likeness (QED) is 0.503. The summed E-state index contributed by atoms with van der Waals surface area (Å²) in [6.45, 7) is 3.81. The molecule has 3 nitrogen and oxygen atoms in total. The van der Waals surface area contributed by atoms with E-state index in [1.165, 1.54) is 7.11 Å². The molecule has 0 fully saturated rings. The Hall–Kier alpha value is -0.570. The van der Waals surface area contributed by atoms with Gasteiger partial charge in [-0.1, -0.05) is 26.7 Å². The average molecular weight is 235 g/mol. The second kappa shape index (κ2) is 7.69. The lowest BCUT2D eigenvalue weighted by Crippen LogP contribution is -2.20. The number of esters is 1. The number of hydrogen-bond donors (Lipinski definition) is 0. The highest BCUT2D eigenvalue weighted by atomic mass is 35.5. The summed E-state index contributed by atoms with van der Waals surface area (Å²) in [5, 5.41) is -0.348. The Morgan fingerprint density at radius 1 is 1.40 bits per heavy atom. The van der Waals surface area contributed by atoms with Gasteiger partial charge in [-0.2, -0.15) is 0 Å². The van der Waals surface area contributed by atoms with E-state index in [2.05, 4.69) is 11.7 Å². The van der Waals surface area contributed by atoms with Gasteiger partial charge in [0.1, 0.15) is 0 Å². The van der Waals surface area contributed by atoms with E-state index in [9.17, 15) is 9.59 Å². The molecule has 0 radical (unpaired) electrons. The topological polar surface area (TPSA) is 43.4 Å². The summed E-state index contributed by atoms with van der Waals surface area (Å²) in [4.78, 5) is 22.3. The molecule has 0 saturated heterocycles. The molecule has 0 aromatic heterocycles. The Kier molecular flexibility index (Phi) is 7.39. The van der Waals surface area contributed by atoms with Crippen molar-refractivity contribution in [3.05, 3.63) is 0 Å². The fraction of sp³-hybridized carbons (Fsp3) is 0.818. The van der Waals surface area contributed by atoms with Gasteiger partial charge < -0.3 is 4.74 Å². The molecule has 0 rings (SSSR count). The van der Waals surface area contributed by atoms with Gasteiger partial charge in [0.2, 0.25) is 5.24 Å². The standard InChI is InChI=1S/C11H19ClO3/c1-4-5-6-9(10(12)13)7-8(2)11(14)15-3/h8-9H,4-7H2,1-3H3. The van der Waals surface area contributed by atoms with E-state index in [0.29, 0.717) is 6.42 Å². The van der Waals surface area contributed by atoms with Crippen molar-refractivity contribution in [2.75, 3.05) is 7.11 Å². The molecule has 0 heterocycles. The predicted molar refractivity (Wildman–Crippen MR) is 59.7 cm³/mol. The lowest BCUT2D eigenvalue weighted by molar-refractivity contribution is -0.145. The summed E-state index contributed by atoms with van der Waals surface area (Å²) < 4.78 is 4.60. The van der Waals surface area contributed by atoms with Crippen molar-refractivity contribution in [1.82, 2.24) is 0 Å². The molecule has 0 aliphatic carbocycles. The van der Waals surface area contributed by atoms with E-state index in [-0.39, 0.29) is 23.0 Å². The van der Waals surface area contributed by atoms with E-state index in [1.54, 1.807) is 6.92 Å². The van der Waals surface area contributed by atoms with Crippen molar-refractivity contribution in [3.8, 4) is 0 Å². The van der Waals surface area contributed by atoms with Crippen LogP contribution in [0.3, 0.4) is 0 Å². The number of carbonyl (C=O) groups is 2. The predicted octanol–water partition coefficient (Wildman–Crippen LogP) is 2.76. The summed E-state index contributed by atoms with van der Waals surface area (Å²) in [7, 11) is 1.35. The summed E-state index contributed by atoms with van der Waals surface area (Å²) in [5.41, 5.74) is 0. The molecule has 15 heavy (non-hydrogen) atoms. The van der Waals surface area contributed by atoms with Crippen molar-refractivity contribution in [1.29, 1.82) is 0 Å². The molecule has 0 saturated carbocycles. The lowest BCUT2D eigenvalue weighted by atomic mass is 9.92. The number of carbonyl (C=O) groups excluding carboxylic acids is 2. The van der Waals surface area contributed by atoms with Gasteiger partial charge in [-0.05, 0) is 24.4 Å². The van der Waals surface area contributed by atoms with E-state index >= 15 is 0 Å². The van der Waals surface area contributed by atoms with Crippen LogP contribution in [0.5, 0.6) is 0 Å². The number of halogens is 1. The molecule has 88 valence electrons. The Bertz CT molecular complexity index is 216. The number of unbranched alkanes of at least 4 members (excludes halogenated alkanes) is 1. The van der Waals surface area contributed by atoms with Crippen LogP contribution in [0.25, 0.3) is 0 Å². The fourth-order valence-electron chi connectivity index (χ4n) is 1.50. The molecular formula is C11H19ClO3. The molecule has 0 spiro atoms. The molecule has 0 N–H and O–H groups in total. The smallest absolute Gasteiger partial charge is 0.308 e. The van der Waals surface area contributed by atoms with Crippen LogP contribution < -0.4 is 0 Å². The molecule has 0 aliphatic rings. The van der Waals surface area contributed by atoms with Crippen LogP contribution in [0.15, 0.2) is 0 Å². The van der Waals surface area contributed by atoms with Crippen LogP contribution in [0.1, 0.15) is 39.5 Å². The van der Waals surface area contributed by atoms with Crippen molar-refractivity contribution in [2.45, 2.75) is 39.5 Å². The Morgan fingerprint density at radius 2 is 2.00 bits per heavy atom. The van der Waals surface area contributed by atoms with Crippen LogP contribution in [0.4, 0.5) is 0 Å². The number of rotatable bonds is 7. The maximum Gasteiger partial charge on any atom is 0.308 e. The average Bonchev–Trinajstić information content (AvgIpc) is 2.22. The van der Waals surface area contributed by atoms with Gasteiger partial charge in [0.15, 0.2) is 0 Å². The number of ether oxygens (including phenoxy) is 1. The van der Waals surface area contributed by atoms with E-state index in [0.717, 1.165) is 19.3 Å². The first kappa shape index (κ1) is 14.4. The van der Waals surface area contributed by atoms with Crippen LogP contribution in [-0.2, 0) is 14.3 Å². The molecule has 0 aromatic rings. The van der Waals surface area contributed by atoms with Crippen molar-refractivity contribution in [3.63, 3.8) is 0 Å². The van der Waals surface area contributed by atoms with E-state index in [1.807, 2.05) is 0 Å². The SMILES string of the molecule is CCCCC(CC(C)C(=O)OC)C(=O)Cl. The van der Waals surface area contributed by atoms with Crippen molar-refractivity contribution < 1.29 is 14.3 Å². The van der Waals surface area contributed by atoms with Gasteiger partial charge in [-0.3, -0.25) is 9.59 Å². The maximum atomic E-state index is 11.2. The third-order valence-electron chi connectivity index (χ3n) is 2.47. The Morgan fingerprint density at radius 3 is 2.40 bits per heavy atom. The normalized spacial score (nSPS) is 14.4. The van der Waals surface area contributed by atoms with Crippen LogP contribution >= 0.6 is 11.6 Å². The zero-order valence-electron chi connectivity index (χ0n) is 9.59. The minimum atomic E-state index is -0.348. The third-order valence-corrected chi connectivity index (χ3v) is 2.78. The monoisotopic (exact) mass is 234 g/mol. The van der Waals surface area contributed by atoms with E-state index < -0.39 is 0 Å². The number of hydrogen-bond acceptors (Lipinski definition) is 3. The fourth-order valence-corrected chi connectivity index (χ4v) is 1.70.